The number of rotatable bonds is 6. The molecule has 0 spiro atoms. The fraction of sp³-hybridized carbons (Fsp3) is 0.786. The Morgan fingerprint density at radius 2 is 2.22 bits per heavy atom. The number of nitrogens with one attached hydrogen (secondary N) is 1. The average molecular weight is 251 g/mol. The van der Waals surface area contributed by atoms with Crippen molar-refractivity contribution in [3.63, 3.8) is 0 Å². The average Bonchev–Trinajstić information content (AvgIpc) is 3.05. The van der Waals surface area contributed by atoms with Crippen LogP contribution in [0.25, 0.3) is 0 Å². The molecule has 1 heterocycles. The van der Waals surface area contributed by atoms with Crippen molar-refractivity contribution < 1.29 is 4.74 Å². The molecule has 2 rings (SSSR count). The van der Waals surface area contributed by atoms with Crippen LogP contribution in [0.5, 0.6) is 0 Å². The molecule has 0 aromatic carbocycles. The lowest BCUT2D eigenvalue weighted by Gasteiger charge is -2.21. The molecule has 2 unspecified atom stereocenters. The van der Waals surface area contributed by atoms with Crippen molar-refractivity contribution in [2.24, 2.45) is 0 Å². The zero-order valence-corrected chi connectivity index (χ0v) is 11.7. The first-order valence-electron chi connectivity index (χ1n) is 6.98. The Bertz CT molecular complexity index is 358. The molecule has 1 fully saturated rings. The lowest BCUT2D eigenvalue weighted by Crippen LogP contribution is -2.38. The van der Waals surface area contributed by atoms with Gasteiger partial charge in [0, 0.05) is 25.8 Å². The first kappa shape index (κ1) is 13.6. The minimum atomic E-state index is 0.201. The van der Waals surface area contributed by atoms with E-state index in [2.05, 4.69) is 29.2 Å². The van der Waals surface area contributed by atoms with Gasteiger partial charge >= 0.3 is 0 Å². The standard InChI is InChI=1S/C14H25N3O/c1-11(18-3)14(15-2)10-12-8-9-17(16-12)13-6-4-5-7-13/h8-9,11,13-15H,4-7,10H2,1-3H3. The molecule has 102 valence electrons. The van der Waals surface area contributed by atoms with Crippen LogP contribution in [0.15, 0.2) is 12.3 Å². The van der Waals surface area contributed by atoms with Gasteiger partial charge in [0.2, 0.25) is 0 Å². The van der Waals surface area contributed by atoms with Crippen LogP contribution in [0.1, 0.15) is 44.3 Å². The fourth-order valence-corrected chi connectivity index (χ4v) is 2.75. The smallest absolute Gasteiger partial charge is 0.0699 e. The van der Waals surface area contributed by atoms with Crippen LogP contribution in [-0.4, -0.2) is 36.1 Å². The summed E-state index contributed by atoms with van der Waals surface area (Å²) < 4.78 is 7.54. The summed E-state index contributed by atoms with van der Waals surface area (Å²) in [6.07, 6.45) is 8.52. The van der Waals surface area contributed by atoms with Gasteiger partial charge in [0.05, 0.1) is 17.8 Å². The van der Waals surface area contributed by atoms with Crippen LogP contribution in [0.2, 0.25) is 0 Å². The third-order valence-electron chi connectivity index (χ3n) is 4.10. The summed E-state index contributed by atoms with van der Waals surface area (Å²) in [5, 5.41) is 8.02. The maximum Gasteiger partial charge on any atom is 0.0699 e. The van der Waals surface area contributed by atoms with E-state index in [1.807, 2.05) is 7.05 Å². The van der Waals surface area contributed by atoms with E-state index in [-0.39, 0.29) is 6.10 Å². The first-order valence-corrected chi connectivity index (χ1v) is 6.98. The number of ether oxygens (including phenoxy) is 1. The normalized spacial score (nSPS) is 20.2. The van der Waals surface area contributed by atoms with Gasteiger partial charge in [-0.05, 0) is 32.9 Å². The van der Waals surface area contributed by atoms with Gasteiger partial charge in [-0.2, -0.15) is 5.10 Å². The van der Waals surface area contributed by atoms with Gasteiger partial charge in [-0.25, -0.2) is 0 Å². The third-order valence-corrected chi connectivity index (χ3v) is 4.10. The van der Waals surface area contributed by atoms with Gasteiger partial charge in [-0.1, -0.05) is 12.8 Å². The van der Waals surface area contributed by atoms with Gasteiger partial charge in [0.15, 0.2) is 0 Å². The maximum absolute atomic E-state index is 5.38. The Balaban J connectivity index is 1.96. The molecule has 18 heavy (non-hydrogen) atoms. The van der Waals surface area contributed by atoms with Crippen LogP contribution in [0.3, 0.4) is 0 Å². The van der Waals surface area contributed by atoms with Gasteiger partial charge in [-0.15, -0.1) is 0 Å². The highest BCUT2D eigenvalue weighted by Crippen LogP contribution is 2.28. The zero-order chi connectivity index (χ0) is 13.0. The maximum atomic E-state index is 5.38. The van der Waals surface area contributed by atoms with E-state index in [0.717, 1.165) is 12.1 Å². The molecule has 1 aliphatic rings. The zero-order valence-electron chi connectivity index (χ0n) is 11.7. The lowest BCUT2D eigenvalue weighted by atomic mass is 10.1. The van der Waals surface area contributed by atoms with E-state index in [4.69, 9.17) is 9.84 Å². The van der Waals surface area contributed by atoms with Crippen LogP contribution in [0, 0.1) is 0 Å². The number of methoxy groups -OCH3 is 1. The second-order valence-electron chi connectivity index (χ2n) is 5.27. The summed E-state index contributed by atoms with van der Waals surface area (Å²) in [4.78, 5) is 0. The van der Waals surface area contributed by atoms with E-state index in [0.29, 0.717) is 12.1 Å². The number of likely N-dealkylation sites (N-methyl/N-ethyl adjacent to an activating group) is 1. The Labute approximate surface area is 110 Å². The Kier molecular flexibility index (Phi) is 4.78. The quantitative estimate of drug-likeness (QED) is 0.842. The van der Waals surface area contributed by atoms with Crippen molar-refractivity contribution in [1.82, 2.24) is 15.1 Å². The molecule has 1 aliphatic carbocycles. The number of aromatic nitrogens is 2. The number of hydrogen-bond acceptors (Lipinski definition) is 3. The third kappa shape index (κ3) is 3.12. The van der Waals surface area contributed by atoms with E-state index in [1.54, 1.807) is 7.11 Å². The first-order chi connectivity index (χ1) is 8.74. The van der Waals surface area contributed by atoms with E-state index in [9.17, 15) is 0 Å². The predicted octanol–water partition coefficient (Wildman–Crippen LogP) is 2.16. The van der Waals surface area contributed by atoms with Crippen LogP contribution in [-0.2, 0) is 11.2 Å². The van der Waals surface area contributed by atoms with Crippen molar-refractivity contribution >= 4 is 0 Å². The molecule has 0 aliphatic heterocycles. The van der Waals surface area contributed by atoms with Gasteiger partial charge in [0.1, 0.15) is 0 Å². The van der Waals surface area contributed by atoms with Gasteiger partial charge in [-0.3, -0.25) is 4.68 Å². The largest absolute Gasteiger partial charge is 0.380 e. The second-order valence-corrected chi connectivity index (χ2v) is 5.27. The minimum absolute atomic E-state index is 0.201. The molecular weight excluding hydrogens is 226 g/mol. The number of nitrogens with zero attached hydrogens (tertiary/aromatic N) is 2. The highest BCUT2D eigenvalue weighted by atomic mass is 16.5. The Hall–Kier alpha value is -0.870. The molecular formula is C14H25N3O. The second kappa shape index (κ2) is 6.34. The van der Waals surface area contributed by atoms with Crippen LogP contribution >= 0.6 is 0 Å². The predicted molar refractivity (Wildman–Crippen MR) is 72.8 cm³/mol. The molecule has 1 aromatic heterocycles. The van der Waals surface area contributed by atoms with E-state index >= 15 is 0 Å². The summed E-state index contributed by atoms with van der Waals surface area (Å²) in [5.74, 6) is 0. The summed E-state index contributed by atoms with van der Waals surface area (Å²) in [6.45, 7) is 2.09. The lowest BCUT2D eigenvalue weighted by molar-refractivity contribution is 0.0853. The van der Waals surface area contributed by atoms with Crippen LogP contribution in [0.4, 0.5) is 0 Å². The minimum Gasteiger partial charge on any atom is -0.380 e. The van der Waals surface area contributed by atoms with E-state index in [1.165, 1.54) is 25.7 Å². The summed E-state index contributed by atoms with van der Waals surface area (Å²) >= 11 is 0. The summed E-state index contributed by atoms with van der Waals surface area (Å²) in [5.41, 5.74) is 1.16. The molecule has 0 radical (unpaired) electrons. The SMILES string of the molecule is CNC(Cc1ccn(C2CCCC2)n1)C(C)OC. The molecule has 4 heteroatoms. The van der Waals surface area contributed by atoms with Gasteiger partial charge < -0.3 is 10.1 Å². The van der Waals surface area contributed by atoms with Gasteiger partial charge in [0.25, 0.3) is 0 Å². The number of hydrogen-bond donors (Lipinski definition) is 1. The van der Waals surface area contributed by atoms with E-state index < -0.39 is 0 Å². The van der Waals surface area contributed by atoms with Crippen molar-refractivity contribution in [3.05, 3.63) is 18.0 Å². The Morgan fingerprint density at radius 3 is 2.83 bits per heavy atom. The molecule has 1 N–H and O–H groups in total. The highest BCUT2D eigenvalue weighted by Gasteiger charge is 2.20. The topological polar surface area (TPSA) is 39.1 Å². The van der Waals surface area contributed by atoms with Crippen molar-refractivity contribution in [3.8, 4) is 0 Å². The Morgan fingerprint density at radius 1 is 1.50 bits per heavy atom. The van der Waals surface area contributed by atoms with Crippen LogP contribution < -0.4 is 5.32 Å². The molecule has 0 amide bonds. The highest BCUT2D eigenvalue weighted by molar-refractivity contribution is 5.03. The molecule has 0 bridgehead atoms. The van der Waals surface area contributed by atoms with Crippen molar-refractivity contribution in [1.29, 1.82) is 0 Å². The monoisotopic (exact) mass is 251 g/mol. The summed E-state index contributed by atoms with van der Waals surface area (Å²) in [6, 6.07) is 3.10. The van der Waals surface area contributed by atoms with Crippen molar-refractivity contribution in [2.75, 3.05) is 14.2 Å². The molecule has 2 atom stereocenters. The van der Waals surface area contributed by atoms with Crippen molar-refractivity contribution in [2.45, 2.75) is 57.2 Å². The fourth-order valence-electron chi connectivity index (χ4n) is 2.75. The summed E-state index contributed by atoms with van der Waals surface area (Å²) in [7, 11) is 3.74. The molecule has 4 nitrogen and oxygen atoms in total. The molecule has 1 saturated carbocycles. The molecule has 1 aromatic rings. The molecule has 0 saturated heterocycles.